The van der Waals surface area contributed by atoms with Gasteiger partial charge < -0.3 is 14.8 Å². The van der Waals surface area contributed by atoms with Crippen molar-refractivity contribution in [2.75, 3.05) is 13.7 Å². The number of urea groups is 1. The van der Waals surface area contributed by atoms with Crippen molar-refractivity contribution < 1.29 is 28.7 Å². The first kappa shape index (κ1) is 18.1. The number of amides is 3. The zero-order valence-corrected chi connectivity index (χ0v) is 13.0. The number of benzene rings is 1. The highest BCUT2D eigenvalue weighted by molar-refractivity contribution is 5.97. The molecule has 1 atom stereocenters. The highest BCUT2D eigenvalue weighted by atomic mass is 16.6. The van der Waals surface area contributed by atoms with E-state index in [4.69, 9.17) is 9.47 Å². The first-order valence-electron chi connectivity index (χ1n) is 6.79. The Balaban J connectivity index is 2.43. The molecule has 0 fully saturated rings. The van der Waals surface area contributed by atoms with Gasteiger partial charge in [0.05, 0.1) is 0 Å². The molecule has 124 valence electrons. The van der Waals surface area contributed by atoms with Crippen LogP contribution in [0.5, 0.6) is 5.75 Å². The third-order valence-corrected chi connectivity index (χ3v) is 2.76. The number of ether oxygens (including phenoxy) is 2. The molecule has 0 aromatic heterocycles. The van der Waals surface area contributed by atoms with E-state index in [9.17, 15) is 19.2 Å². The summed E-state index contributed by atoms with van der Waals surface area (Å²) in [7, 11) is 1.35. The second kappa shape index (κ2) is 8.52. The van der Waals surface area contributed by atoms with Crippen molar-refractivity contribution in [1.82, 2.24) is 10.6 Å². The number of imide groups is 1. The van der Waals surface area contributed by atoms with Gasteiger partial charge in [-0.1, -0.05) is 0 Å². The molecule has 1 aromatic rings. The number of hydrogen-bond donors (Lipinski definition) is 2. The van der Waals surface area contributed by atoms with Gasteiger partial charge in [-0.2, -0.15) is 0 Å². The molecular formula is C15H18N2O6. The lowest BCUT2D eigenvalue weighted by molar-refractivity contribution is -0.156. The summed E-state index contributed by atoms with van der Waals surface area (Å²) in [6, 6.07) is 5.54. The van der Waals surface area contributed by atoms with E-state index in [-0.39, 0.29) is 5.78 Å². The average molecular weight is 322 g/mol. The maximum absolute atomic E-state index is 11.6. The highest BCUT2D eigenvalue weighted by Crippen LogP contribution is 2.12. The normalized spacial score (nSPS) is 11.1. The van der Waals surface area contributed by atoms with Gasteiger partial charge in [0.2, 0.25) is 0 Å². The summed E-state index contributed by atoms with van der Waals surface area (Å²) in [5, 5.41) is 4.19. The zero-order valence-electron chi connectivity index (χ0n) is 13.0. The van der Waals surface area contributed by atoms with Crippen molar-refractivity contribution >= 4 is 23.7 Å². The molecule has 1 rings (SSSR count). The van der Waals surface area contributed by atoms with Crippen LogP contribution in [0.4, 0.5) is 4.79 Å². The Morgan fingerprint density at radius 1 is 1.13 bits per heavy atom. The Labute approximate surface area is 133 Å². The third-order valence-electron chi connectivity index (χ3n) is 2.76. The van der Waals surface area contributed by atoms with Crippen LogP contribution in [0.1, 0.15) is 24.2 Å². The Kier molecular flexibility index (Phi) is 6.72. The summed E-state index contributed by atoms with van der Waals surface area (Å²) < 4.78 is 10.0. The first-order valence-corrected chi connectivity index (χ1v) is 6.79. The Hall–Kier alpha value is -2.90. The van der Waals surface area contributed by atoms with Gasteiger partial charge >= 0.3 is 12.0 Å². The van der Waals surface area contributed by atoms with Crippen LogP contribution in [0, 0.1) is 0 Å². The summed E-state index contributed by atoms with van der Waals surface area (Å²) >= 11 is 0. The molecule has 0 saturated heterocycles. The zero-order chi connectivity index (χ0) is 17.4. The van der Waals surface area contributed by atoms with Crippen LogP contribution in [0.15, 0.2) is 24.3 Å². The molecule has 0 heterocycles. The van der Waals surface area contributed by atoms with E-state index in [2.05, 4.69) is 5.32 Å². The minimum atomic E-state index is -1.14. The smallest absolute Gasteiger partial charge is 0.344 e. The van der Waals surface area contributed by atoms with Gasteiger partial charge in [-0.15, -0.1) is 0 Å². The van der Waals surface area contributed by atoms with Crippen LogP contribution in [-0.4, -0.2) is 43.4 Å². The topological polar surface area (TPSA) is 111 Å². The fourth-order valence-corrected chi connectivity index (χ4v) is 1.49. The standard InChI is InChI=1S/C15H18N2O6/c1-9(18)11-4-6-12(7-5-11)22-8-13(19)23-10(2)14(20)17-15(21)16-3/h4-7,10H,8H2,1-3H3,(H2,16,17,20,21)/t10-/m0/s1. The summed E-state index contributed by atoms with van der Waals surface area (Å²) in [5.41, 5.74) is 0.527. The molecule has 0 unspecified atom stereocenters. The predicted molar refractivity (Wildman–Crippen MR) is 80.1 cm³/mol. The number of carbonyl (C=O) groups excluding carboxylic acids is 4. The predicted octanol–water partition coefficient (Wildman–Crippen LogP) is 0.655. The fourth-order valence-electron chi connectivity index (χ4n) is 1.49. The Morgan fingerprint density at radius 2 is 1.74 bits per heavy atom. The summed E-state index contributed by atoms with van der Waals surface area (Å²) in [6.45, 7) is 2.37. The molecule has 2 N–H and O–H groups in total. The second-order valence-electron chi connectivity index (χ2n) is 4.57. The lowest BCUT2D eigenvalue weighted by Gasteiger charge is -2.13. The molecule has 0 aliphatic carbocycles. The van der Waals surface area contributed by atoms with Crippen molar-refractivity contribution in [2.45, 2.75) is 20.0 Å². The summed E-state index contributed by atoms with van der Waals surface area (Å²) in [4.78, 5) is 45.2. The van der Waals surface area contributed by atoms with E-state index in [0.717, 1.165) is 0 Å². The molecule has 0 saturated carbocycles. The summed E-state index contributed by atoms with van der Waals surface area (Å²) in [5.74, 6) is -1.20. The maximum atomic E-state index is 11.6. The van der Waals surface area contributed by atoms with E-state index >= 15 is 0 Å². The Morgan fingerprint density at radius 3 is 2.26 bits per heavy atom. The largest absolute Gasteiger partial charge is 0.482 e. The Bertz CT molecular complexity index is 596. The monoisotopic (exact) mass is 322 g/mol. The van der Waals surface area contributed by atoms with Crippen LogP contribution in [0.2, 0.25) is 0 Å². The minimum Gasteiger partial charge on any atom is -0.482 e. The lowest BCUT2D eigenvalue weighted by Crippen LogP contribution is -2.43. The van der Waals surface area contributed by atoms with Gasteiger partial charge in [-0.25, -0.2) is 9.59 Å². The molecule has 0 aliphatic heterocycles. The van der Waals surface area contributed by atoms with Gasteiger partial charge in [-0.3, -0.25) is 14.9 Å². The summed E-state index contributed by atoms with van der Waals surface area (Å²) in [6.07, 6.45) is -1.14. The fraction of sp³-hybridized carbons (Fsp3) is 0.333. The average Bonchev–Trinajstić information content (AvgIpc) is 2.52. The van der Waals surface area contributed by atoms with Gasteiger partial charge in [0.15, 0.2) is 18.5 Å². The first-order chi connectivity index (χ1) is 10.8. The van der Waals surface area contributed by atoms with Gasteiger partial charge in [0.25, 0.3) is 5.91 Å². The van der Waals surface area contributed by atoms with Crippen LogP contribution >= 0.6 is 0 Å². The lowest BCUT2D eigenvalue weighted by atomic mass is 10.1. The molecule has 0 aliphatic rings. The number of ketones is 1. The maximum Gasteiger partial charge on any atom is 0.344 e. The number of carbonyl (C=O) groups is 4. The molecule has 0 bridgehead atoms. The number of hydrogen-bond acceptors (Lipinski definition) is 6. The molecule has 1 aromatic carbocycles. The van der Waals surface area contributed by atoms with Crippen molar-refractivity contribution in [2.24, 2.45) is 0 Å². The number of Topliss-reactive ketones (excluding diaryl/α,β-unsaturated/α-hetero) is 1. The van der Waals surface area contributed by atoms with Crippen molar-refractivity contribution in [1.29, 1.82) is 0 Å². The van der Waals surface area contributed by atoms with Crippen LogP contribution in [0.25, 0.3) is 0 Å². The van der Waals surface area contributed by atoms with E-state index in [1.54, 1.807) is 24.3 Å². The molecule has 3 amide bonds. The van der Waals surface area contributed by atoms with Crippen molar-refractivity contribution in [3.63, 3.8) is 0 Å². The van der Waals surface area contributed by atoms with Crippen molar-refractivity contribution in [3.05, 3.63) is 29.8 Å². The van der Waals surface area contributed by atoms with Gasteiger partial charge in [0, 0.05) is 12.6 Å². The van der Waals surface area contributed by atoms with E-state index in [0.29, 0.717) is 11.3 Å². The second-order valence-corrected chi connectivity index (χ2v) is 4.57. The van der Waals surface area contributed by atoms with E-state index in [1.807, 2.05) is 5.32 Å². The van der Waals surface area contributed by atoms with Crippen molar-refractivity contribution in [3.8, 4) is 5.75 Å². The molecular weight excluding hydrogens is 304 g/mol. The number of esters is 1. The van der Waals surface area contributed by atoms with Crippen LogP contribution in [-0.2, 0) is 14.3 Å². The quantitative estimate of drug-likeness (QED) is 0.588. The molecule has 0 spiro atoms. The van der Waals surface area contributed by atoms with Crippen LogP contribution in [0.3, 0.4) is 0 Å². The number of rotatable bonds is 6. The van der Waals surface area contributed by atoms with E-state index in [1.165, 1.54) is 20.9 Å². The molecule has 8 nitrogen and oxygen atoms in total. The SMILES string of the molecule is CNC(=O)NC(=O)[C@H](C)OC(=O)COc1ccc(C(C)=O)cc1. The molecule has 8 heteroatoms. The van der Waals surface area contributed by atoms with Crippen LogP contribution < -0.4 is 15.4 Å². The minimum absolute atomic E-state index is 0.0769. The van der Waals surface area contributed by atoms with Gasteiger partial charge in [-0.05, 0) is 38.1 Å². The van der Waals surface area contributed by atoms with Gasteiger partial charge in [0.1, 0.15) is 5.75 Å². The highest BCUT2D eigenvalue weighted by Gasteiger charge is 2.19. The number of nitrogens with one attached hydrogen (secondary N) is 2. The third kappa shape index (κ3) is 6.16. The molecule has 0 radical (unpaired) electrons. The van der Waals surface area contributed by atoms with E-state index < -0.39 is 30.6 Å². The molecule has 23 heavy (non-hydrogen) atoms.